The molecule has 0 atom stereocenters. The van der Waals surface area contributed by atoms with Gasteiger partial charge in [-0.15, -0.1) is 5.10 Å². The summed E-state index contributed by atoms with van der Waals surface area (Å²) in [6.45, 7) is 1.33. The molecule has 2 aliphatic rings. The number of hydrogen-bond donors (Lipinski definition) is 3. The van der Waals surface area contributed by atoms with E-state index in [1.54, 1.807) is 18.2 Å². The van der Waals surface area contributed by atoms with E-state index < -0.39 is 6.09 Å². The van der Waals surface area contributed by atoms with Gasteiger partial charge in [0.05, 0.1) is 19.0 Å². The molecule has 5 rings (SSSR count). The number of Topliss-reactive ketones (excluding diaryl/α,β-unsaturated/α-hetero) is 1. The largest absolute Gasteiger partial charge is 0.453 e. The lowest BCUT2D eigenvalue weighted by Crippen LogP contribution is -2.19. The highest BCUT2D eigenvalue weighted by Crippen LogP contribution is 2.30. The van der Waals surface area contributed by atoms with Crippen LogP contribution in [0.1, 0.15) is 48.2 Å². The van der Waals surface area contributed by atoms with Gasteiger partial charge < -0.3 is 20.1 Å². The average molecular weight is 490 g/mol. The predicted molar refractivity (Wildman–Crippen MR) is 133 cm³/mol. The van der Waals surface area contributed by atoms with Gasteiger partial charge >= 0.3 is 6.09 Å². The zero-order chi connectivity index (χ0) is 25.1. The minimum atomic E-state index is -0.637. The molecule has 2 fully saturated rings. The van der Waals surface area contributed by atoms with Gasteiger partial charge in [0.2, 0.25) is 0 Å². The second-order valence-electron chi connectivity index (χ2n) is 9.08. The molecule has 1 aromatic carbocycles. The Morgan fingerprint density at radius 2 is 1.94 bits per heavy atom. The van der Waals surface area contributed by atoms with Gasteiger partial charge in [0.1, 0.15) is 6.07 Å². The highest BCUT2D eigenvalue weighted by atomic mass is 16.5. The maximum atomic E-state index is 13.1. The number of nitrogens with zero attached hydrogens (tertiary/aromatic N) is 4. The summed E-state index contributed by atoms with van der Waals surface area (Å²) in [6.07, 6.45) is 5.10. The second-order valence-corrected chi connectivity index (χ2v) is 9.08. The van der Waals surface area contributed by atoms with E-state index >= 15 is 0 Å². The van der Waals surface area contributed by atoms with E-state index in [0.29, 0.717) is 59.8 Å². The monoisotopic (exact) mass is 489 g/mol. The van der Waals surface area contributed by atoms with Crippen LogP contribution in [0.2, 0.25) is 0 Å². The Hall–Kier alpha value is -4.17. The number of rotatable bonds is 8. The Morgan fingerprint density at radius 3 is 2.67 bits per heavy atom. The number of carbonyl (C=O) groups excluding carboxylic acids is 2. The third kappa shape index (κ3) is 5.39. The van der Waals surface area contributed by atoms with Crippen LogP contribution in [0.4, 0.5) is 27.7 Å². The highest BCUT2D eigenvalue weighted by molar-refractivity contribution is 5.99. The molecule has 1 saturated heterocycles. The van der Waals surface area contributed by atoms with Crippen LogP contribution in [0.25, 0.3) is 5.65 Å². The first-order valence-corrected chi connectivity index (χ1v) is 12.0. The first kappa shape index (κ1) is 23.6. The normalized spacial score (nSPS) is 15.8. The molecule has 11 heteroatoms. The van der Waals surface area contributed by atoms with Gasteiger partial charge in [-0.05, 0) is 49.8 Å². The topological polar surface area (TPSA) is 143 Å². The zero-order valence-corrected chi connectivity index (χ0v) is 19.9. The van der Waals surface area contributed by atoms with Crippen LogP contribution in [0, 0.1) is 17.2 Å². The molecule has 1 aliphatic carbocycles. The minimum Gasteiger partial charge on any atom is -0.453 e. The van der Waals surface area contributed by atoms with Gasteiger partial charge in [-0.2, -0.15) is 9.78 Å². The van der Waals surface area contributed by atoms with Gasteiger partial charge in [0, 0.05) is 48.7 Å². The maximum absolute atomic E-state index is 13.1. The predicted octanol–water partition coefficient (Wildman–Crippen LogP) is 4.10. The van der Waals surface area contributed by atoms with E-state index in [9.17, 15) is 14.9 Å². The van der Waals surface area contributed by atoms with Crippen LogP contribution in [-0.2, 0) is 9.47 Å². The number of anilines is 4. The summed E-state index contributed by atoms with van der Waals surface area (Å²) in [6, 6.07) is 9.38. The van der Waals surface area contributed by atoms with Crippen LogP contribution < -0.4 is 16.0 Å². The number of nitriles is 1. The number of ketones is 1. The lowest BCUT2D eigenvalue weighted by Gasteiger charge is -2.21. The Labute approximate surface area is 207 Å². The number of aromatic nitrogens is 3. The average Bonchev–Trinajstić information content (AvgIpc) is 3.60. The van der Waals surface area contributed by atoms with E-state index in [1.165, 1.54) is 17.8 Å². The summed E-state index contributed by atoms with van der Waals surface area (Å²) in [5.41, 5.74) is 3.08. The van der Waals surface area contributed by atoms with Crippen molar-refractivity contribution in [3.63, 3.8) is 0 Å². The fraction of sp³-hybridized carbons (Fsp3) is 0.400. The third-order valence-corrected chi connectivity index (χ3v) is 6.29. The molecule has 1 amide bonds. The SMILES string of the molecule is COC(=O)Nc1cc(Nc2cc(NC3CC3)c3ncc(C#N)n3n2)cc(C(=O)CC2CCOCC2)c1. The van der Waals surface area contributed by atoms with Crippen LogP contribution in [-0.4, -0.2) is 52.8 Å². The van der Waals surface area contributed by atoms with E-state index in [2.05, 4.69) is 32.1 Å². The van der Waals surface area contributed by atoms with Gasteiger partial charge in [-0.1, -0.05) is 0 Å². The van der Waals surface area contributed by atoms with Crippen molar-refractivity contribution in [2.75, 3.05) is 36.3 Å². The number of imidazole rings is 1. The van der Waals surface area contributed by atoms with Crippen LogP contribution in [0.15, 0.2) is 30.5 Å². The summed E-state index contributed by atoms with van der Waals surface area (Å²) < 4.78 is 11.6. The van der Waals surface area contributed by atoms with Crippen molar-refractivity contribution >= 4 is 40.4 Å². The molecular weight excluding hydrogens is 462 g/mol. The Kier molecular flexibility index (Phi) is 6.69. The molecule has 1 saturated carbocycles. The maximum Gasteiger partial charge on any atom is 0.411 e. The minimum absolute atomic E-state index is 0.0145. The number of carbonyl (C=O) groups is 2. The number of hydrogen-bond acceptors (Lipinski definition) is 9. The Morgan fingerprint density at radius 1 is 1.17 bits per heavy atom. The zero-order valence-electron chi connectivity index (χ0n) is 19.9. The van der Waals surface area contributed by atoms with Crippen LogP contribution in [0.3, 0.4) is 0 Å². The van der Waals surface area contributed by atoms with Crippen molar-refractivity contribution in [2.24, 2.45) is 5.92 Å². The lowest BCUT2D eigenvalue weighted by atomic mass is 9.91. The smallest absolute Gasteiger partial charge is 0.411 e. The number of nitrogens with one attached hydrogen (secondary N) is 3. The standard InChI is InChI=1S/C25H27N7O4/c1-35-25(34)30-19-10-16(22(33)8-15-4-6-36-7-5-15)9-18(11-19)29-23-12-21(28-17-2-3-17)24-27-14-20(13-26)32(24)31-23/h9-12,14-15,17,28H,2-8H2,1H3,(H,29,31)(H,30,34). The molecule has 0 radical (unpaired) electrons. The molecule has 3 heterocycles. The highest BCUT2D eigenvalue weighted by Gasteiger charge is 2.24. The molecule has 186 valence electrons. The van der Waals surface area contributed by atoms with Crippen molar-refractivity contribution < 1.29 is 19.1 Å². The van der Waals surface area contributed by atoms with E-state index in [1.807, 2.05) is 6.07 Å². The summed E-state index contributed by atoms with van der Waals surface area (Å²) in [4.78, 5) is 29.4. The molecule has 2 aromatic heterocycles. The number of amides is 1. The van der Waals surface area contributed by atoms with E-state index in [-0.39, 0.29) is 11.7 Å². The third-order valence-electron chi connectivity index (χ3n) is 6.29. The summed E-state index contributed by atoms with van der Waals surface area (Å²) in [5, 5.41) is 23.3. The van der Waals surface area contributed by atoms with Crippen molar-refractivity contribution in [3.8, 4) is 6.07 Å². The van der Waals surface area contributed by atoms with Crippen molar-refractivity contribution in [3.05, 3.63) is 41.7 Å². The molecule has 0 bridgehead atoms. The molecule has 11 nitrogen and oxygen atoms in total. The van der Waals surface area contributed by atoms with E-state index in [4.69, 9.17) is 9.47 Å². The fourth-order valence-corrected chi connectivity index (χ4v) is 4.24. The second kappa shape index (κ2) is 10.2. The van der Waals surface area contributed by atoms with Crippen molar-refractivity contribution in [2.45, 2.75) is 38.1 Å². The quantitative estimate of drug-likeness (QED) is 0.399. The first-order valence-electron chi connectivity index (χ1n) is 12.0. The lowest BCUT2D eigenvalue weighted by molar-refractivity contribution is 0.0601. The molecule has 1 aliphatic heterocycles. The molecule has 0 unspecified atom stereocenters. The van der Waals surface area contributed by atoms with Crippen molar-refractivity contribution in [1.29, 1.82) is 5.26 Å². The van der Waals surface area contributed by atoms with Crippen molar-refractivity contribution in [1.82, 2.24) is 14.6 Å². The Bertz CT molecular complexity index is 1340. The number of benzene rings is 1. The molecule has 36 heavy (non-hydrogen) atoms. The number of methoxy groups -OCH3 is 1. The number of ether oxygens (including phenoxy) is 2. The Balaban J connectivity index is 1.46. The van der Waals surface area contributed by atoms with Crippen LogP contribution >= 0.6 is 0 Å². The summed E-state index contributed by atoms with van der Waals surface area (Å²) in [5.74, 6) is 0.711. The van der Waals surface area contributed by atoms with Gasteiger partial charge in [-0.3, -0.25) is 10.1 Å². The summed E-state index contributed by atoms with van der Waals surface area (Å²) in [7, 11) is 1.28. The molecular formula is C25H27N7O4. The van der Waals surface area contributed by atoms with Crippen LogP contribution in [0.5, 0.6) is 0 Å². The van der Waals surface area contributed by atoms with E-state index in [0.717, 1.165) is 31.4 Å². The first-order chi connectivity index (χ1) is 17.5. The fourth-order valence-electron chi connectivity index (χ4n) is 4.24. The number of fused-ring (bicyclic) bond motifs is 1. The summed E-state index contributed by atoms with van der Waals surface area (Å²) >= 11 is 0. The molecule has 3 N–H and O–H groups in total. The van der Waals surface area contributed by atoms with Gasteiger partial charge in [0.25, 0.3) is 0 Å². The van der Waals surface area contributed by atoms with Gasteiger partial charge in [0.15, 0.2) is 22.9 Å². The molecule has 3 aromatic rings. The van der Waals surface area contributed by atoms with Gasteiger partial charge in [-0.25, -0.2) is 9.78 Å². The molecule has 0 spiro atoms.